The Balaban J connectivity index is 1.51. The summed E-state index contributed by atoms with van der Waals surface area (Å²) in [6.45, 7) is 7.92. The Morgan fingerprint density at radius 1 is 1.30 bits per heavy atom. The fraction of sp³-hybridized carbons (Fsp3) is 0.688. The van der Waals surface area contributed by atoms with Crippen LogP contribution >= 0.6 is 11.3 Å². The van der Waals surface area contributed by atoms with Crippen molar-refractivity contribution in [3.63, 3.8) is 0 Å². The highest BCUT2D eigenvalue weighted by Crippen LogP contribution is 2.19. The summed E-state index contributed by atoms with van der Waals surface area (Å²) in [5, 5.41) is 7.34. The number of aryl methyl sites for hydroxylation is 2. The third-order valence-corrected chi connectivity index (χ3v) is 5.25. The van der Waals surface area contributed by atoms with Gasteiger partial charge in [-0.05, 0) is 39.8 Å². The molecule has 0 N–H and O–H groups in total. The van der Waals surface area contributed by atoms with Crippen molar-refractivity contribution in [2.24, 2.45) is 0 Å². The van der Waals surface area contributed by atoms with Crippen molar-refractivity contribution in [1.29, 1.82) is 0 Å². The smallest absolute Gasteiger partial charge is 0.223 e. The van der Waals surface area contributed by atoms with E-state index < -0.39 is 0 Å². The molecule has 0 aromatic carbocycles. The first-order valence-electron chi connectivity index (χ1n) is 8.23. The van der Waals surface area contributed by atoms with Crippen LogP contribution in [0.3, 0.4) is 0 Å². The molecule has 0 radical (unpaired) electrons. The van der Waals surface area contributed by atoms with E-state index in [1.807, 2.05) is 6.92 Å². The fourth-order valence-electron chi connectivity index (χ4n) is 3.20. The molecule has 0 aliphatic carbocycles. The van der Waals surface area contributed by atoms with Crippen molar-refractivity contribution in [3.05, 3.63) is 27.8 Å². The fourth-order valence-corrected chi connectivity index (χ4v) is 3.81. The van der Waals surface area contributed by atoms with Gasteiger partial charge in [-0.3, -0.25) is 9.80 Å². The lowest BCUT2D eigenvalue weighted by atomic mass is 10.1. The largest absolute Gasteiger partial charge is 0.340 e. The number of hydrogen-bond acceptors (Lipinski definition) is 7. The van der Waals surface area contributed by atoms with Gasteiger partial charge in [0.1, 0.15) is 0 Å². The standard InChI is InChI=1S/C16H25N5OS/c1-12-17-16(19-22-12)10-20(3)15-5-4-7-21(8-6-15)9-14-11-23-13(2)18-14/h11,15H,4-10H2,1-3H3. The van der Waals surface area contributed by atoms with Crippen molar-refractivity contribution < 1.29 is 4.52 Å². The van der Waals surface area contributed by atoms with Gasteiger partial charge in [-0.15, -0.1) is 11.3 Å². The van der Waals surface area contributed by atoms with Crippen molar-refractivity contribution in [2.75, 3.05) is 20.1 Å². The lowest BCUT2D eigenvalue weighted by Gasteiger charge is -2.26. The molecule has 1 aliphatic rings. The lowest BCUT2D eigenvalue weighted by molar-refractivity contribution is 0.200. The quantitative estimate of drug-likeness (QED) is 0.837. The molecule has 1 saturated heterocycles. The average Bonchev–Trinajstić information content (AvgIpc) is 3.02. The van der Waals surface area contributed by atoms with Gasteiger partial charge in [0.2, 0.25) is 5.89 Å². The van der Waals surface area contributed by atoms with Gasteiger partial charge in [0.15, 0.2) is 5.82 Å². The summed E-state index contributed by atoms with van der Waals surface area (Å²) in [7, 11) is 2.16. The molecule has 1 aliphatic heterocycles. The summed E-state index contributed by atoms with van der Waals surface area (Å²) in [6.07, 6.45) is 3.62. The van der Waals surface area contributed by atoms with Crippen LogP contribution in [0.2, 0.25) is 0 Å². The minimum atomic E-state index is 0.580. The van der Waals surface area contributed by atoms with Crippen LogP contribution in [0.1, 0.15) is 41.7 Å². The second-order valence-electron chi connectivity index (χ2n) is 6.36. The molecular weight excluding hydrogens is 310 g/mol. The SMILES string of the molecule is Cc1nc(CN(C)C2CCCN(Cc3csc(C)n3)CC2)no1. The van der Waals surface area contributed by atoms with Gasteiger partial charge in [0.05, 0.1) is 17.2 Å². The van der Waals surface area contributed by atoms with Crippen LogP contribution in [0.25, 0.3) is 0 Å². The van der Waals surface area contributed by atoms with Crippen LogP contribution < -0.4 is 0 Å². The zero-order valence-electron chi connectivity index (χ0n) is 14.2. The summed E-state index contributed by atoms with van der Waals surface area (Å²) < 4.78 is 5.06. The summed E-state index contributed by atoms with van der Waals surface area (Å²) in [4.78, 5) is 13.8. The average molecular weight is 335 g/mol. The zero-order valence-corrected chi connectivity index (χ0v) is 15.0. The Kier molecular flexibility index (Phi) is 5.40. The van der Waals surface area contributed by atoms with Crippen LogP contribution in [0.5, 0.6) is 0 Å². The number of aromatic nitrogens is 3. The first-order valence-corrected chi connectivity index (χ1v) is 9.11. The number of rotatable bonds is 5. The summed E-state index contributed by atoms with van der Waals surface area (Å²) in [5.74, 6) is 1.42. The first-order chi connectivity index (χ1) is 11.1. The summed E-state index contributed by atoms with van der Waals surface area (Å²) >= 11 is 1.74. The molecule has 2 aromatic heterocycles. The molecule has 0 bridgehead atoms. The second kappa shape index (κ2) is 7.51. The monoisotopic (exact) mass is 335 g/mol. The number of hydrogen-bond donors (Lipinski definition) is 0. The Morgan fingerprint density at radius 2 is 2.17 bits per heavy atom. The van der Waals surface area contributed by atoms with Gasteiger partial charge in [-0.1, -0.05) is 5.16 Å². The topological polar surface area (TPSA) is 58.3 Å². The molecule has 1 fully saturated rings. The summed E-state index contributed by atoms with van der Waals surface area (Å²) in [6, 6.07) is 0.580. The molecule has 0 amide bonds. The molecule has 0 spiro atoms. The van der Waals surface area contributed by atoms with E-state index in [4.69, 9.17) is 4.52 Å². The zero-order chi connectivity index (χ0) is 16.2. The second-order valence-corrected chi connectivity index (χ2v) is 7.43. The predicted molar refractivity (Wildman–Crippen MR) is 90.3 cm³/mol. The van der Waals surface area contributed by atoms with E-state index >= 15 is 0 Å². The molecule has 7 heteroatoms. The van der Waals surface area contributed by atoms with E-state index in [0.29, 0.717) is 11.9 Å². The number of nitrogens with zero attached hydrogens (tertiary/aromatic N) is 5. The Bertz CT molecular complexity index is 626. The molecule has 6 nitrogen and oxygen atoms in total. The maximum atomic E-state index is 5.06. The minimum Gasteiger partial charge on any atom is -0.340 e. The Hall–Kier alpha value is -1.31. The number of likely N-dealkylation sites (tertiary alicyclic amines) is 1. The van der Waals surface area contributed by atoms with Crippen LogP contribution in [0, 0.1) is 13.8 Å². The normalized spacial score (nSPS) is 20.1. The highest BCUT2D eigenvalue weighted by molar-refractivity contribution is 7.09. The molecular formula is C16H25N5OS. The van der Waals surface area contributed by atoms with Gasteiger partial charge >= 0.3 is 0 Å². The van der Waals surface area contributed by atoms with Crippen LogP contribution in [-0.2, 0) is 13.1 Å². The van der Waals surface area contributed by atoms with Crippen molar-refractivity contribution >= 4 is 11.3 Å². The maximum absolute atomic E-state index is 5.06. The van der Waals surface area contributed by atoms with Crippen molar-refractivity contribution in [3.8, 4) is 0 Å². The van der Waals surface area contributed by atoms with E-state index in [2.05, 4.69) is 44.3 Å². The van der Waals surface area contributed by atoms with E-state index in [9.17, 15) is 0 Å². The van der Waals surface area contributed by atoms with Gasteiger partial charge < -0.3 is 4.52 Å². The lowest BCUT2D eigenvalue weighted by Crippen LogP contribution is -2.33. The maximum Gasteiger partial charge on any atom is 0.223 e. The third-order valence-electron chi connectivity index (χ3n) is 4.43. The van der Waals surface area contributed by atoms with Crippen molar-refractivity contribution in [1.82, 2.24) is 24.9 Å². The van der Waals surface area contributed by atoms with E-state index in [1.165, 1.54) is 25.0 Å². The van der Waals surface area contributed by atoms with Crippen molar-refractivity contribution in [2.45, 2.75) is 52.2 Å². The van der Waals surface area contributed by atoms with E-state index in [0.717, 1.165) is 37.0 Å². The van der Waals surface area contributed by atoms with E-state index in [1.54, 1.807) is 11.3 Å². The van der Waals surface area contributed by atoms with Crippen LogP contribution in [0.15, 0.2) is 9.90 Å². The van der Waals surface area contributed by atoms with Crippen LogP contribution in [-0.4, -0.2) is 51.1 Å². The third kappa shape index (κ3) is 4.59. The van der Waals surface area contributed by atoms with Gasteiger partial charge in [-0.2, -0.15) is 4.98 Å². The van der Waals surface area contributed by atoms with Crippen LogP contribution in [0.4, 0.5) is 0 Å². The predicted octanol–water partition coefficient (Wildman–Crippen LogP) is 2.63. The minimum absolute atomic E-state index is 0.580. The molecule has 0 saturated carbocycles. The molecule has 1 atom stereocenters. The van der Waals surface area contributed by atoms with Gasteiger partial charge in [0.25, 0.3) is 0 Å². The molecule has 3 rings (SSSR count). The Labute approximate surface area is 141 Å². The highest BCUT2D eigenvalue weighted by atomic mass is 32.1. The first kappa shape index (κ1) is 16.5. The molecule has 23 heavy (non-hydrogen) atoms. The Morgan fingerprint density at radius 3 is 2.87 bits per heavy atom. The van der Waals surface area contributed by atoms with E-state index in [-0.39, 0.29) is 0 Å². The van der Waals surface area contributed by atoms with Gasteiger partial charge in [0, 0.05) is 31.4 Å². The molecule has 3 heterocycles. The summed E-state index contributed by atoms with van der Waals surface area (Å²) in [5.41, 5.74) is 1.21. The van der Waals surface area contributed by atoms with Gasteiger partial charge in [-0.25, -0.2) is 4.98 Å². The highest BCUT2D eigenvalue weighted by Gasteiger charge is 2.22. The number of thiazole rings is 1. The molecule has 126 valence electrons. The molecule has 2 aromatic rings. The molecule has 1 unspecified atom stereocenters.